The van der Waals surface area contributed by atoms with Gasteiger partial charge < -0.3 is 14.5 Å². The van der Waals surface area contributed by atoms with E-state index in [1.165, 1.54) is 4.90 Å². The summed E-state index contributed by atoms with van der Waals surface area (Å²) < 4.78 is 5.49. The normalized spacial score (nSPS) is 15.8. The molecule has 1 saturated heterocycles. The summed E-state index contributed by atoms with van der Waals surface area (Å²) in [4.78, 5) is 47.8. The Hall–Kier alpha value is -3.94. The van der Waals surface area contributed by atoms with Gasteiger partial charge in [-0.25, -0.2) is 4.98 Å². The van der Waals surface area contributed by atoms with Crippen molar-refractivity contribution >= 4 is 34.4 Å². The van der Waals surface area contributed by atoms with Crippen molar-refractivity contribution in [2.24, 2.45) is 0 Å². The predicted octanol–water partition coefficient (Wildman–Crippen LogP) is 2.89. The van der Waals surface area contributed by atoms with E-state index in [9.17, 15) is 14.4 Å². The summed E-state index contributed by atoms with van der Waals surface area (Å²) in [5.41, 5.74) is 2.77. The van der Waals surface area contributed by atoms with Crippen LogP contribution in [0, 0.1) is 6.92 Å². The Morgan fingerprint density at radius 2 is 1.65 bits per heavy atom. The fourth-order valence-corrected chi connectivity index (χ4v) is 4.69. The van der Waals surface area contributed by atoms with Gasteiger partial charge >= 0.3 is 0 Å². The number of piperazine rings is 1. The lowest BCUT2D eigenvalue weighted by molar-refractivity contribution is -0.131. The zero-order valence-corrected chi connectivity index (χ0v) is 19.3. The lowest BCUT2D eigenvalue weighted by Crippen LogP contribution is -2.49. The molecule has 0 saturated carbocycles. The molecular formula is C26H26N4O4. The molecule has 0 N–H and O–H groups in total. The molecule has 174 valence electrons. The van der Waals surface area contributed by atoms with E-state index in [1.54, 1.807) is 36.3 Å². The van der Waals surface area contributed by atoms with E-state index in [0.717, 1.165) is 28.0 Å². The highest BCUT2D eigenvalue weighted by molar-refractivity contribution is 6.21. The van der Waals surface area contributed by atoms with Crippen LogP contribution in [0.15, 0.2) is 48.5 Å². The molecule has 0 spiro atoms. The number of benzene rings is 2. The number of ether oxygens (including phenoxy) is 1. The van der Waals surface area contributed by atoms with Crippen molar-refractivity contribution in [3.05, 3.63) is 65.2 Å². The Labute approximate surface area is 197 Å². The van der Waals surface area contributed by atoms with Gasteiger partial charge in [-0.2, -0.15) is 0 Å². The maximum Gasteiger partial charge on any atom is 0.261 e. The molecule has 0 atom stereocenters. The van der Waals surface area contributed by atoms with Gasteiger partial charge in [0.1, 0.15) is 17.1 Å². The van der Waals surface area contributed by atoms with Crippen molar-refractivity contribution in [3.8, 4) is 5.75 Å². The average Bonchev–Trinajstić information content (AvgIpc) is 3.11. The monoisotopic (exact) mass is 458 g/mol. The third-order valence-corrected chi connectivity index (χ3v) is 6.60. The van der Waals surface area contributed by atoms with Gasteiger partial charge in [-0.15, -0.1) is 0 Å². The average molecular weight is 459 g/mol. The number of rotatable bonds is 5. The van der Waals surface area contributed by atoms with Crippen LogP contribution in [0.5, 0.6) is 5.75 Å². The van der Waals surface area contributed by atoms with Crippen molar-refractivity contribution in [2.75, 3.05) is 44.7 Å². The molecule has 3 aromatic rings. The maximum atomic E-state index is 12.8. The summed E-state index contributed by atoms with van der Waals surface area (Å²) in [6, 6.07) is 14.7. The van der Waals surface area contributed by atoms with Crippen LogP contribution in [0.25, 0.3) is 10.9 Å². The molecule has 1 fully saturated rings. The molecule has 2 aliphatic rings. The first-order valence-electron chi connectivity index (χ1n) is 11.4. The molecule has 8 nitrogen and oxygen atoms in total. The Balaban J connectivity index is 1.21. The standard InChI is InChI=1S/C26H26N4O4/c1-17-16-22(27-24-18(17)8-5-9-21(24)34-2)28-12-14-29(15-13-28)23(31)10-11-30-25(32)19-6-3-4-7-20(19)26(30)33/h3-9,16H,10-15H2,1-2H3. The van der Waals surface area contributed by atoms with E-state index in [2.05, 4.69) is 17.9 Å². The number of fused-ring (bicyclic) bond motifs is 2. The first-order chi connectivity index (χ1) is 16.5. The van der Waals surface area contributed by atoms with E-state index in [1.807, 2.05) is 18.2 Å². The first-order valence-corrected chi connectivity index (χ1v) is 11.4. The van der Waals surface area contributed by atoms with Crippen LogP contribution in [0.2, 0.25) is 0 Å². The molecule has 2 aliphatic heterocycles. The number of hydrogen-bond acceptors (Lipinski definition) is 6. The first kappa shape index (κ1) is 21.9. The minimum atomic E-state index is -0.327. The lowest BCUT2D eigenvalue weighted by atomic mass is 10.1. The van der Waals surface area contributed by atoms with Gasteiger partial charge in [0.25, 0.3) is 11.8 Å². The number of anilines is 1. The number of aromatic nitrogens is 1. The topological polar surface area (TPSA) is 83.0 Å². The summed E-state index contributed by atoms with van der Waals surface area (Å²) in [7, 11) is 1.64. The Morgan fingerprint density at radius 3 is 2.29 bits per heavy atom. The summed E-state index contributed by atoms with van der Waals surface area (Å²) in [6.07, 6.45) is 0.121. The number of imide groups is 1. The largest absolute Gasteiger partial charge is 0.494 e. The number of carbonyl (C=O) groups is 3. The predicted molar refractivity (Wildman–Crippen MR) is 128 cm³/mol. The van der Waals surface area contributed by atoms with Gasteiger partial charge in [0.05, 0.1) is 18.2 Å². The molecule has 0 unspecified atom stereocenters. The van der Waals surface area contributed by atoms with Gasteiger partial charge in [0, 0.05) is 44.5 Å². The molecule has 3 heterocycles. The van der Waals surface area contributed by atoms with Crippen molar-refractivity contribution in [3.63, 3.8) is 0 Å². The molecule has 3 amide bonds. The SMILES string of the molecule is COc1cccc2c(C)cc(N3CCN(C(=O)CCN4C(=O)c5ccccc5C4=O)CC3)nc12. The third kappa shape index (κ3) is 3.75. The lowest BCUT2D eigenvalue weighted by Gasteiger charge is -2.36. The molecule has 5 rings (SSSR count). The van der Waals surface area contributed by atoms with Gasteiger partial charge in [0.15, 0.2) is 0 Å². The molecule has 1 aromatic heterocycles. The molecule has 0 radical (unpaired) electrons. The Kier molecular flexibility index (Phi) is 5.65. The minimum absolute atomic E-state index is 0.0551. The highest BCUT2D eigenvalue weighted by Gasteiger charge is 2.35. The number of aryl methyl sites for hydroxylation is 1. The van der Waals surface area contributed by atoms with E-state index >= 15 is 0 Å². The third-order valence-electron chi connectivity index (χ3n) is 6.60. The van der Waals surface area contributed by atoms with Gasteiger partial charge in [-0.05, 0) is 36.8 Å². The van der Waals surface area contributed by atoms with Crippen LogP contribution in [0.4, 0.5) is 5.82 Å². The van der Waals surface area contributed by atoms with Crippen LogP contribution in [0.3, 0.4) is 0 Å². The number of methoxy groups -OCH3 is 1. The second kappa shape index (κ2) is 8.78. The molecule has 0 bridgehead atoms. The molecule has 2 aromatic carbocycles. The zero-order chi connectivity index (χ0) is 23.8. The highest BCUT2D eigenvalue weighted by atomic mass is 16.5. The van der Waals surface area contributed by atoms with Crippen LogP contribution < -0.4 is 9.64 Å². The van der Waals surface area contributed by atoms with Gasteiger partial charge in [-0.1, -0.05) is 24.3 Å². The number of para-hydroxylation sites is 1. The van der Waals surface area contributed by atoms with Crippen molar-refractivity contribution in [2.45, 2.75) is 13.3 Å². The van der Waals surface area contributed by atoms with E-state index < -0.39 is 0 Å². The Bertz CT molecular complexity index is 1260. The number of amides is 3. The number of carbonyl (C=O) groups excluding carboxylic acids is 3. The van der Waals surface area contributed by atoms with Gasteiger partial charge in [0.2, 0.25) is 5.91 Å². The summed E-state index contributed by atoms with van der Waals surface area (Å²) in [5, 5.41) is 1.06. The van der Waals surface area contributed by atoms with Crippen LogP contribution in [-0.2, 0) is 4.79 Å². The molecule has 8 heteroatoms. The summed E-state index contributed by atoms with van der Waals surface area (Å²) in [6.45, 7) is 4.59. The second-order valence-corrected chi connectivity index (χ2v) is 8.58. The smallest absolute Gasteiger partial charge is 0.261 e. The second-order valence-electron chi connectivity index (χ2n) is 8.58. The van der Waals surface area contributed by atoms with Crippen LogP contribution in [-0.4, -0.2) is 72.3 Å². The zero-order valence-electron chi connectivity index (χ0n) is 19.3. The minimum Gasteiger partial charge on any atom is -0.494 e. The van der Waals surface area contributed by atoms with Gasteiger partial charge in [-0.3, -0.25) is 19.3 Å². The molecule has 34 heavy (non-hydrogen) atoms. The number of nitrogens with zero attached hydrogens (tertiary/aromatic N) is 4. The summed E-state index contributed by atoms with van der Waals surface area (Å²) in [5.74, 6) is 0.898. The van der Waals surface area contributed by atoms with Crippen molar-refractivity contribution < 1.29 is 19.1 Å². The highest BCUT2D eigenvalue weighted by Crippen LogP contribution is 2.29. The van der Waals surface area contributed by atoms with Crippen LogP contribution in [0.1, 0.15) is 32.7 Å². The molecular weight excluding hydrogens is 432 g/mol. The number of pyridine rings is 1. The fraction of sp³-hybridized carbons (Fsp3) is 0.308. The number of hydrogen-bond donors (Lipinski definition) is 0. The van der Waals surface area contributed by atoms with E-state index in [4.69, 9.17) is 9.72 Å². The quantitative estimate of drug-likeness (QED) is 0.547. The fourth-order valence-electron chi connectivity index (χ4n) is 4.69. The molecule has 0 aliphatic carbocycles. The van der Waals surface area contributed by atoms with Crippen molar-refractivity contribution in [1.29, 1.82) is 0 Å². The van der Waals surface area contributed by atoms with Crippen LogP contribution >= 0.6 is 0 Å². The Morgan fingerprint density at radius 1 is 0.971 bits per heavy atom. The summed E-state index contributed by atoms with van der Waals surface area (Å²) >= 11 is 0. The van der Waals surface area contributed by atoms with E-state index in [0.29, 0.717) is 37.3 Å². The van der Waals surface area contributed by atoms with Crippen molar-refractivity contribution in [1.82, 2.24) is 14.8 Å². The van der Waals surface area contributed by atoms with E-state index in [-0.39, 0.29) is 30.7 Å². The maximum absolute atomic E-state index is 12.8.